The Morgan fingerprint density at radius 2 is 1.92 bits per heavy atom. The molecule has 0 bridgehead atoms. The quantitative estimate of drug-likeness (QED) is 0.544. The van der Waals surface area contributed by atoms with E-state index < -0.39 is 0 Å². The smallest absolute Gasteiger partial charge is 0.174 e. The molecule has 2 aromatic carbocycles. The van der Waals surface area contributed by atoms with Crippen LogP contribution in [0.5, 0.6) is 5.75 Å². The molecule has 124 valence electrons. The molecule has 5 heteroatoms. The van der Waals surface area contributed by atoms with Gasteiger partial charge in [-0.15, -0.1) is 0 Å². The molecule has 0 radical (unpaired) electrons. The van der Waals surface area contributed by atoms with Crippen LogP contribution in [0.15, 0.2) is 53.1 Å². The Hall–Kier alpha value is -2.76. The third-order valence-electron chi connectivity index (χ3n) is 3.98. The topological polar surface area (TPSA) is 61.7 Å². The minimum Gasteiger partial charge on any atom is -0.477 e. The number of hydrogen-bond donors (Lipinski definition) is 0. The molecule has 3 rings (SSSR count). The van der Waals surface area contributed by atoms with E-state index in [1.54, 1.807) is 0 Å². The van der Waals surface area contributed by atoms with Gasteiger partial charge in [-0.2, -0.15) is 10.5 Å². The first-order chi connectivity index (χ1) is 12.2. The Labute approximate surface area is 155 Å². The van der Waals surface area contributed by atoms with Crippen LogP contribution in [0.25, 0.3) is 16.6 Å². The van der Waals surface area contributed by atoms with Crippen LogP contribution in [0, 0.1) is 22.7 Å². The summed E-state index contributed by atoms with van der Waals surface area (Å²) in [6.45, 7) is 0.00649. The standard InChI is InChI=1S/C20H16BrN3O/c21-16-6-3-7-17(13-16)24-14-15(5-1-2-10-22)18-8-4-9-19(20(18)24)25-12-11-23/h3-4,6-9,13-14H,1-2,5,12H2. The molecule has 0 N–H and O–H groups in total. The molecule has 0 saturated carbocycles. The summed E-state index contributed by atoms with van der Waals surface area (Å²) in [5.74, 6) is 0.686. The number of benzene rings is 2. The molecule has 0 unspecified atom stereocenters. The van der Waals surface area contributed by atoms with Crippen LogP contribution in [-0.2, 0) is 6.42 Å². The second kappa shape index (κ2) is 7.88. The predicted molar refractivity (Wildman–Crippen MR) is 101 cm³/mol. The molecule has 1 aromatic heterocycles. The maximum atomic E-state index is 8.85. The van der Waals surface area contributed by atoms with E-state index in [0.717, 1.165) is 33.9 Å². The van der Waals surface area contributed by atoms with Gasteiger partial charge in [0, 0.05) is 28.2 Å². The van der Waals surface area contributed by atoms with Crippen molar-refractivity contribution in [3.8, 4) is 23.6 Å². The van der Waals surface area contributed by atoms with Crippen LogP contribution < -0.4 is 4.74 Å². The number of nitriles is 2. The van der Waals surface area contributed by atoms with Gasteiger partial charge in [0.25, 0.3) is 0 Å². The number of aromatic nitrogens is 1. The van der Waals surface area contributed by atoms with E-state index in [1.807, 2.05) is 42.5 Å². The summed E-state index contributed by atoms with van der Waals surface area (Å²) < 4.78 is 8.74. The molecule has 0 aliphatic rings. The predicted octanol–water partition coefficient (Wildman–Crippen LogP) is 5.14. The fraction of sp³-hybridized carbons (Fsp3) is 0.200. The lowest BCUT2D eigenvalue weighted by molar-refractivity contribution is 0.371. The summed E-state index contributed by atoms with van der Waals surface area (Å²) in [6.07, 6.45) is 4.28. The monoisotopic (exact) mass is 393 g/mol. The van der Waals surface area contributed by atoms with Gasteiger partial charge >= 0.3 is 0 Å². The van der Waals surface area contributed by atoms with Gasteiger partial charge in [-0.25, -0.2) is 0 Å². The number of aryl methyl sites for hydroxylation is 1. The number of ether oxygens (including phenoxy) is 1. The van der Waals surface area contributed by atoms with E-state index in [9.17, 15) is 0 Å². The maximum absolute atomic E-state index is 8.85. The van der Waals surface area contributed by atoms with Gasteiger partial charge in [0.15, 0.2) is 6.61 Å². The number of fused-ring (bicyclic) bond motifs is 1. The van der Waals surface area contributed by atoms with Gasteiger partial charge in [-0.05, 0) is 42.7 Å². The van der Waals surface area contributed by atoms with Gasteiger partial charge in [0.05, 0.1) is 11.6 Å². The molecule has 0 spiro atoms. The third-order valence-corrected chi connectivity index (χ3v) is 4.48. The summed E-state index contributed by atoms with van der Waals surface area (Å²) in [4.78, 5) is 0. The summed E-state index contributed by atoms with van der Waals surface area (Å²) in [7, 11) is 0. The molecule has 0 aliphatic heterocycles. The minimum atomic E-state index is 0.00649. The second-order valence-electron chi connectivity index (χ2n) is 5.61. The molecule has 0 amide bonds. The zero-order chi connectivity index (χ0) is 17.6. The van der Waals surface area contributed by atoms with E-state index in [2.05, 4.69) is 38.8 Å². The molecule has 0 saturated heterocycles. The third kappa shape index (κ3) is 3.68. The molecule has 0 fully saturated rings. The molecular formula is C20H16BrN3O. The van der Waals surface area contributed by atoms with E-state index in [-0.39, 0.29) is 6.61 Å². The first kappa shape index (κ1) is 17.1. The van der Waals surface area contributed by atoms with Crippen LogP contribution in [0.2, 0.25) is 0 Å². The second-order valence-corrected chi connectivity index (χ2v) is 6.53. The lowest BCUT2D eigenvalue weighted by Crippen LogP contribution is -1.98. The summed E-state index contributed by atoms with van der Waals surface area (Å²) >= 11 is 3.52. The van der Waals surface area contributed by atoms with Crippen molar-refractivity contribution in [3.63, 3.8) is 0 Å². The average molecular weight is 394 g/mol. The van der Waals surface area contributed by atoms with Crippen molar-refractivity contribution in [2.75, 3.05) is 6.61 Å². The number of unbranched alkanes of at least 4 members (excludes halogenated alkanes) is 1. The summed E-state index contributed by atoms with van der Waals surface area (Å²) in [5, 5.41) is 18.7. The van der Waals surface area contributed by atoms with Crippen molar-refractivity contribution in [1.82, 2.24) is 4.57 Å². The van der Waals surface area contributed by atoms with Gasteiger partial charge in [-0.1, -0.05) is 34.1 Å². The Kier molecular flexibility index (Phi) is 5.38. The average Bonchev–Trinajstić information content (AvgIpc) is 3.00. The van der Waals surface area contributed by atoms with Crippen LogP contribution >= 0.6 is 15.9 Å². The molecule has 1 heterocycles. The summed E-state index contributed by atoms with van der Waals surface area (Å²) in [6, 6.07) is 18.1. The van der Waals surface area contributed by atoms with Gasteiger partial charge in [-0.3, -0.25) is 0 Å². The molecular weight excluding hydrogens is 378 g/mol. The Balaban J connectivity index is 2.16. The number of hydrogen-bond acceptors (Lipinski definition) is 3. The van der Waals surface area contributed by atoms with Crippen molar-refractivity contribution in [2.24, 2.45) is 0 Å². The fourth-order valence-corrected chi connectivity index (χ4v) is 3.32. The molecule has 3 aromatic rings. The maximum Gasteiger partial charge on any atom is 0.174 e. The van der Waals surface area contributed by atoms with Crippen molar-refractivity contribution >= 4 is 26.8 Å². The molecule has 25 heavy (non-hydrogen) atoms. The molecule has 0 aliphatic carbocycles. The van der Waals surface area contributed by atoms with Gasteiger partial charge in [0.1, 0.15) is 11.8 Å². The lowest BCUT2D eigenvalue weighted by atomic mass is 10.1. The normalized spacial score (nSPS) is 10.4. The number of rotatable bonds is 6. The van der Waals surface area contributed by atoms with E-state index in [4.69, 9.17) is 15.3 Å². The lowest BCUT2D eigenvalue weighted by Gasteiger charge is -2.10. The van der Waals surface area contributed by atoms with Crippen LogP contribution in [-0.4, -0.2) is 11.2 Å². The highest BCUT2D eigenvalue weighted by Gasteiger charge is 2.14. The van der Waals surface area contributed by atoms with E-state index >= 15 is 0 Å². The number of para-hydroxylation sites is 1. The highest BCUT2D eigenvalue weighted by molar-refractivity contribution is 9.10. The van der Waals surface area contributed by atoms with E-state index in [0.29, 0.717) is 12.2 Å². The highest BCUT2D eigenvalue weighted by atomic mass is 79.9. The SMILES string of the molecule is N#CCCCc1cn(-c2cccc(Br)c2)c2c(OCC#N)cccc12. The highest BCUT2D eigenvalue weighted by Crippen LogP contribution is 2.33. The Morgan fingerprint density at radius 1 is 1.08 bits per heavy atom. The summed E-state index contributed by atoms with van der Waals surface area (Å²) in [5.41, 5.74) is 3.13. The van der Waals surface area contributed by atoms with Crippen molar-refractivity contribution < 1.29 is 4.74 Å². The van der Waals surface area contributed by atoms with Gasteiger partial charge in [0.2, 0.25) is 0 Å². The van der Waals surface area contributed by atoms with Crippen molar-refractivity contribution in [3.05, 3.63) is 58.7 Å². The van der Waals surface area contributed by atoms with Gasteiger partial charge < -0.3 is 9.30 Å². The first-order valence-corrected chi connectivity index (χ1v) is 8.79. The fourth-order valence-electron chi connectivity index (χ4n) is 2.93. The van der Waals surface area contributed by atoms with Crippen LogP contribution in [0.3, 0.4) is 0 Å². The Morgan fingerprint density at radius 3 is 2.68 bits per heavy atom. The van der Waals surface area contributed by atoms with Crippen LogP contribution in [0.1, 0.15) is 18.4 Å². The number of nitrogens with zero attached hydrogens (tertiary/aromatic N) is 3. The largest absolute Gasteiger partial charge is 0.477 e. The molecule has 0 atom stereocenters. The molecule has 4 nitrogen and oxygen atoms in total. The van der Waals surface area contributed by atoms with Crippen LogP contribution in [0.4, 0.5) is 0 Å². The van der Waals surface area contributed by atoms with Crippen molar-refractivity contribution in [1.29, 1.82) is 10.5 Å². The number of halogens is 1. The van der Waals surface area contributed by atoms with Crippen molar-refractivity contribution in [2.45, 2.75) is 19.3 Å². The zero-order valence-electron chi connectivity index (χ0n) is 13.6. The van der Waals surface area contributed by atoms with E-state index in [1.165, 1.54) is 5.56 Å². The minimum absolute atomic E-state index is 0.00649. The zero-order valence-corrected chi connectivity index (χ0v) is 15.2. The Bertz CT molecular complexity index is 979. The first-order valence-electron chi connectivity index (χ1n) is 8.00.